The van der Waals surface area contributed by atoms with Crippen molar-refractivity contribution in [2.75, 3.05) is 13.1 Å². The first-order chi connectivity index (χ1) is 13.3. The van der Waals surface area contributed by atoms with Gasteiger partial charge in [-0.25, -0.2) is 9.37 Å². The second kappa shape index (κ2) is 8.33. The summed E-state index contributed by atoms with van der Waals surface area (Å²) >= 11 is 0. The molecule has 1 N–H and O–H groups in total. The predicted molar refractivity (Wildman–Crippen MR) is 101 cm³/mol. The zero-order chi connectivity index (χ0) is 20.3. The minimum atomic E-state index is -0.381. The van der Waals surface area contributed by atoms with E-state index < -0.39 is 0 Å². The van der Waals surface area contributed by atoms with E-state index in [1.807, 2.05) is 13.8 Å². The number of halogens is 1. The number of nitrogens with one attached hydrogen (secondary N) is 1. The molecule has 3 rings (SSSR count). The van der Waals surface area contributed by atoms with Crippen LogP contribution < -0.4 is 5.56 Å². The molecule has 0 radical (unpaired) electrons. The minimum Gasteiger partial charge on any atom is -0.335 e. The number of benzene rings is 1. The molecule has 28 heavy (non-hydrogen) atoms. The summed E-state index contributed by atoms with van der Waals surface area (Å²) < 4.78 is 13.2. The van der Waals surface area contributed by atoms with Crippen molar-refractivity contribution >= 4 is 11.8 Å². The summed E-state index contributed by atoms with van der Waals surface area (Å²) in [6.45, 7) is 5.01. The molecule has 148 valence electrons. The van der Waals surface area contributed by atoms with Gasteiger partial charge in [-0.1, -0.05) is 26.0 Å². The largest absolute Gasteiger partial charge is 0.335 e. The number of carbonyl (C=O) groups excluding carboxylic acids is 2. The highest BCUT2D eigenvalue weighted by Gasteiger charge is 2.34. The second-order valence-corrected chi connectivity index (χ2v) is 7.26. The van der Waals surface area contributed by atoms with Crippen molar-refractivity contribution in [3.05, 3.63) is 64.1 Å². The van der Waals surface area contributed by atoms with Gasteiger partial charge in [-0.2, -0.15) is 0 Å². The first-order valence-corrected chi connectivity index (χ1v) is 9.23. The molecule has 1 aliphatic rings. The highest BCUT2D eigenvalue weighted by atomic mass is 19.1. The van der Waals surface area contributed by atoms with Crippen molar-refractivity contribution in [1.82, 2.24) is 19.8 Å². The fourth-order valence-electron chi connectivity index (χ4n) is 3.34. The first kappa shape index (κ1) is 19.7. The number of carbonyl (C=O) groups is 2. The van der Waals surface area contributed by atoms with E-state index in [0.29, 0.717) is 13.1 Å². The molecule has 2 aromatic rings. The van der Waals surface area contributed by atoms with Crippen molar-refractivity contribution in [2.24, 2.45) is 5.92 Å². The lowest BCUT2D eigenvalue weighted by Crippen LogP contribution is -2.47. The highest BCUT2D eigenvalue weighted by molar-refractivity contribution is 5.92. The lowest BCUT2D eigenvalue weighted by Gasteiger charge is -2.34. The van der Waals surface area contributed by atoms with Crippen molar-refractivity contribution in [3.8, 4) is 0 Å². The number of rotatable bonds is 4. The third kappa shape index (κ3) is 4.44. The van der Waals surface area contributed by atoms with Gasteiger partial charge in [-0.15, -0.1) is 0 Å². The van der Waals surface area contributed by atoms with Gasteiger partial charge in [0.15, 0.2) is 0 Å². The Labute approximate surface area is 162 Å². The van der Waals surface area contributed by atoms with Gasteiger partial charge in [0.2, 0.25) is 5.91 Å². The monoisotopic (exact) mass is 386 g/mol. The molecule has 1 atom stereocenters. The van der Waals surface area contributed by atoms with E-state index in [2.05, 4.69) is 9.97 Å². The van der Waals surface area contributed by atoms with Crippen LogP contribution in [0.1, 0.15) is 36.3 Å². The Morgan fingerprint density at radius 2 is 2.00 bits per heavy atom. The Kier molecular flexibility index (Phi) is 5.87. The number of amides is 2. The number of hydrogen-bond donors (Lipinski definition) is 1. The summed E-state index contributed by atoms with van der Waals surface area (Å²) in [5.74, 6) is -0.580. The fraction of sp³-hybridized carbons (Fsp3) is 0.400. The molecule has 0 saturated carbocycles. The quantitative estimate of drug-likeness (QED) is 0.868. The van der Waals surface area contributed by atoms with Crippen molar-refractivity contribution in [1.29, 1.82) is 0 Å². The van der Waals surface area contributed by atoms with Gasteiger partial charge in [0.05, 0.1) is 12.2 Å². The van der Waals surface area contributed by atoms with Crippen LogP contribution in [0.5, 0.6) is 0 Å². The standard InChI is InChI=1S/C20H23FN4O3/c1-13(2)17-12-24(20(28)16-9-23-18(26)10-22-16)8-7-19(27)25(17)11-14-3-5-15(21)6-4-14/h3-6,9-10,13,17H,7-8,11-12H2,1-2H3,(H,23,26)/t17-/m0/s1. The molecule has 0 unspecified atom stereocenters. The maximum absolute atomic E-state index is 13.2. The highest BCUT2D eigenvalue weighted by Crippen LogP contribution is 2.22. The van der Waals surface area contributed by atoms with E-state index in [9.17, 15) is 18.8 Å². The fourth-order valence-corrected chi connectivity index (χ4v) is 3.34. The maximum Gasteiger partial charge on any atom is 0.274 e. The third-order valence-electron chi connectivity index (χ3n) is 4.94. The zero-order valence-electron chi connectivity index (χ0n) is 15.9. The molecule has 7 nitrogen and oxygen atoms in total. The first-order valence-electron chi connectivity index (χ1n) is 9.23. The molecular formula is C20H23FN4O3. The maximum atomic E-state index is 13.2. The summed E-state index contributed by atoms with van der Waals surface area (Å²) in [4.78, 5) is 46.5. The second-order valence-electron chi connectivity index (χ2n) is 7.26. The number of hydrogen-bond acceptors (Lipinski definition) is 4. The summed E-state index contributed by atoms with van der Waals surface area (Å²) in [5, 5.41) is 0. The van der Waals surface area contributed by atoms with E-state index in [4.69, 9.17) is 0 Å². The van der Waals surface area contributed by atoms with Gasteiger partial charge in [-0.05, 0) is 23.6 Å². The Balaban J connectivity index is 1.82. The van der Waals surface area contributed by atoms with E-state index >= 15 is 0 Å². The zero-order valence-corrected chi connectivity index (χ0v) is 15.9. The SMILES string of the molecule is CC(C)[C@@H]1CN(C(=O)c2c[nH]c(=O)cn2)CCC(=O)N1Cc1ccc(F)cc1. The summed E-state index contributed by atoms with van der Waals surface area (Å²) in [5.41, 5.74) is 0.595. The van der Waals surface area contributed by atoms with Crippen LogP contribution in [0.3, 0.4) is 0 Å². The molecule has 1 aliphatic heterocycles. The molecule has 1 aromatic carbocycles. The van der Waals surface area contributed by atoms with Gasteiger partial charge >= 0.3 is 0 Å². The molecule has 2 amide bonds. The van der Waals surface area contributed by atoms with Crippen LogP contribution in [0.25, 0.3) is 0 Å². The molecular weight excluding hydrogens is 363 g/mol. The topological polar surface area (TPSA) is 86.4 Å². The van der Waals surface area contributed by atoms with Crippen molar-refractivity contribution < 1.29 is 14.0 Å². The normalized spacial score (nSPS) is 17.7. The Morgan fingerprint density at radius 3 is 2.61 bits per heavy atom. The molecule has 0 aliphatic carbocycles. The van der Waals surface area contributed by atoms with E-state index in [-0.39, 0.29) is 53.8 Å². The smallest absolute Gasteiger partial charge is 0.274 e. The van der Waals surface area contributed by atoms with Crippen LogP contribution in [-0.2, 0) is 11.3 Å². The summed E-state index contributed by atoms with van der Waals surface area (Å²) in [6, 6.07) is 5.89. The van der Waals surface area contributed by atoms with Crippen LogP contribution in [0.4, 0.5) is 4.39 Å². The molecule has 2 heterocycles. The van der Waals surface area contributed by atoms with Gasteiger partial charge in [0, 0.05) is 32.3 Å². The predicted octanol–water partition coefficient (Wildman–Crippen LogP) is 1.81. The number of H-pyrrole nitrogens is 1. The lowest BCUT2D eigenvalue weighted by molar-refractivity contribution is -0.134. The molecule has 1 aromatic heterocycles. The van der Waals surface area contributed by atoms with Gasteiger partial charge in [0.1, 0.15) is 11.5 Å². The average Bonchev–Trinajstić information content (AvgIpc) is 2.83. The van der Waals surface area contributed by atoms with Gasteiger partial charge < -0.3 is 14.8 Å². The molecule has 0 spiro atoms. The minimum absolute atomic E-state index is 0.0484. The van der Waals surface area contributed by atoms with Crippen LogP contribution in [0.15, 0.2) is 41.5 Å². The Morgan fingerprint density at radius 1 is 1.29 bits per heavy atom. The number of aromatic amines is 1. The van der Waals surface area contributed by atoms with Crippen LogP contribution in [-0.4, -0.2) is 50.7 Å². The van der Waals surface area contributed by atoms with Crippen LogP contribution in [0, 0.1) is 11.7 Å². The van der Waals surface area contributed by atoms with Crippen molar-refractivity contribution in [2.45, 2.75) is 32.9 Å². The Bertz CT molecular complexity index is 890. The number of aromatic nitrogens is 2. The van der Waals surface area contributed by atoms with Gasteiger partial charge in [-0.3, -0.25) is 14.4 Å². The van der Waals surface area contributed by atoms with Crippen LogP contribution in [0.2, 0.25) is 0 Å². The van der Waals surface area contributed by atoms with Crippen molar-refractivity contribution in [3.63, 3.8) is 0 Å². The molecule has 8 heteroatoms. The van der Waals surface area contributed by atoms with E-state index in [1.54, 1.807) is 21.9 Å². The van der Waals surface area contributed by atoms with E-state index in [1.165, 1.54) is 18.3 Å². The summed E-state index contributed by atoms with van der Waals surface area (Å²) in [7, 11) is 0. The molecule has 1 saturated heterocycles. The molecule has 1 fully saturated rings. The van der Waals surface area contributed by atoms with E-state index in [0.717, 1.165) is 11.8 Å². The molecule has 0 bridgehead atoms. The summed E-state index contributed by atoms with van der Waals surface area (Å²) in [6.07, 6.45) is 2.55. The Hall–Kier alpha value is -3.03. The van der Waals surface area contributed by atoms with Crippen LogP contribution >= 0.6 is 0 Å². The number of nitrogens with zero attached hydrogens (tertiary/aromatic N) is 3. The average molecular weight is 386 g/mol. The lowest BCUT2D eigenvalue weighted by atomic mass is 10.0. The van der Waals surface area contributed by atoms with Gasteiger partial charge in [0.25, 0.3) is 11.5 Å². The third-order valence-corrected chi connectivity index (χ3v) is 4.94.